The number of ether oxygens (including phenoxy) is 2. The van der Waals surface area contributed by atoms with Crippen molar-refractivity contribution >= 4 is 5.97 Å². The number of carboxylic acids is 1. The fourth-order valence-corrected chi connectivity index (χ4v) is 2.79. The molecule has 0 unspecified atom stereocenters. The molecule has 146 valence electrons. The summed E-state index contributed by atoms with van der Waals surface area (Å²) in [5, 5.41) is 14.0. The van der Waals surface area contributed by atoms with Crippen LogP contribution in [0.5, 0.6) is 5.75 Å². The second-order valence-corrected chi connectivity index (χ2v) is 7.06. The maximum absolute atomic E-state index is 11.3. The van der Waals surface area contributed by atoms with E-state index in [1.807, 2.05) is 66.2 Å². The fraction of sp³-hybridized carbons (Fsp3) is 0.273. The zero-order valence-electron chi connectivity index (χ0n) is 16.5. The Kier molecular flexibility index (Phi) is 5.51. The molecule has 3 aromatic rings. The van der Waals surface area contributed by atoms with Crippen molar-refractivity contribution in [2.75, 3.05) is 7.11 Å². The minimum absolute atomic E-state index is 0.0924. The first-order valence-corrected chi connectivity index (χ1v) is 8.98. The van der Waals surface area contributed by atoms with Gasteiger partial charge in [-0.2, -0.15) is 5.10 Å². The number of carbonyl (C=O) groups is 1. The first-order chi connectivity index (χ1) is 13.3. The van der Waals surface area contributed by atoms with Crippen LogP contribution in [0.15, 0.2) is 54.6 Å². The van der Waals surface area contributed by atoms with Crippen molar-refractivity contribution in [3.63, 3.8) is 0 Å². The number of aryl methyl sites for hydroxylation is 1. The number of benzene rings is 2. The number of methoxy groups -OCH3 is 1. The lowest BCUT2D eigenvalue weighted by Gasteiger charge is -2.19. The van der Waals surface area contributed by atoms with Gasteiger partial charge in [0.25, 0.3) is 0 Å². The van der Waals surface area contributed by atoms with Crippen LogP contribution in [0.1, 0.15) is 25.1 Å². The maximum atomic E-state index is 11.3. The summed E-state index contributed by atoms with van der Waals surface area (Å²) in [5.74, 6) is -0.265. The highest BCUT2D eigenvalue weighted by atomic mass is 16.5. The van der Waals surface area contributed by atoms with Crippen LogP contribution in [0.2, 0.25) is 0 Å². The summed E-state index contributed by atoms with van der Waals surface area (Å²) < 4.78 is 12.8. The van der Waals surface area contributed by atoms with Crippen LogP contribution in [-0.4, -0.2) is 33.6 Å². The van der Waals surface area contributed by atoms with Gasteiger partial charge in [-0.25, -0.2) is 9.48 Å². The fourth-order valence-electron chi connectivity index (χ4n) is 2.79. The van der Waals surface area contributed by atoms with Crippen LogP contribution in [0, 0.1) is 6.92 Å². The van der Waals surface area contributed by atoms with E-state index in [4.69, 9.17) is 14.6 Å². The number of aliphatic carboxylic acids is 1. The van der Waals surface area contributed by atoms with Gasteiger partial charge >= 0.3 is 5.97 Å². The molecule has 28 heavy (non-hydrogen) atoms. The van der Waals surface area contributed by atoms with Gasteiger partial charge in [0, 0.05) is 5.56 Å². The predicted molar refractivity (Wildman–Crippen MR) is 107 cm³/mol. The van der Waals surface area contributed by atoms with E-state index in [2.05, 4.69) is 0 Å². The largest absolute Gasteiger partial charge is 0.497 e. The van der Waals surface area contributed by atoms with E-state index in [1.54, 1.807) is 7.11 Å². The van der Waals surface area contributed by atoms with E-state index in [0.717, 1.165) is 28.3 Å². The molecule has 0 saturated heterocycles. The second-order valence-electron chi connectivity index (χ2n) is 7.06. The summed E-state index contributed by atoms with van der Waals surface area (Å²) in [6.45, 7) is 5.17. The van der Waals surface area contributed by atoms with Crippen molar-refractivity contribution in [3.05, 3.63) is 65.9 Å². The Hall–Kier alpha value is -3.12. The normalized spacial score (nSPS) is 11.4. The molecule has 1 heterocycles. The van der Waals surface area contributed by atoms with Gasteiger partial charge in [-0.15, -0.1) is 0 Å². The van der Waals surface area contributed by atoms with Gasteiger partial charge in [0.2, 0.25) is 0 Å². The van der Waals surface area contributed by atoms with Crippen molar-refractivity contribution in [1.82, 2.24) is 9.78 Å². The van der Waals surface area contributed by atoms with Gasteiger partial charge in [-0.05, 0) is 50.6 Å². The third-order valence-corrected chi connectivity index (χ3v) is 4.57. The number of carboxylic acid groups (broad SMARTS) is 1. The molecule has 0 saturated carbocycles. The van der Waals surface area contributed by atoms with E-state index in [-0.39, 0.29) is 6.61 Å². The van der Waals surface area contributed by atoms with Gasteiger partial charge in [0.1, 0.15) is 5.75 Å². The van der Waals surface area contributed by atoms with Gasteiger partial charge in [0.15, 0.2) is 5.60 Å². The molecule has 6 heteroatoms. The highest BCUT2D eigenvalue weighted by Crippen LogP contribution is 2.29. The molecule has 0 fully saturated rings. The molecule has 1 N–H and O–H groups in total. The summed E-state index contributed by atoms with van der Waals surface area (Å²) in [6.07, 6.45) is 0. The first-order valence-electron chi connectivity index (χ1n) is 8.98. The molecule has 0 radical (unpaired) electrons. The molecule has 0 amide bonds. The molecule has 1 aromatic heterocycles. The number of para-hydroxylation sites is 1. The summed E-state index contributed by atoms with van der Waals surface area (Å²) in [4.78, 5) is 11.3. The molecular formula is C22H24N2O4. The molecule has 6 nitrogen and oxygen atoms in total. The molecule has 3 rings (SSSR count). The summed E-state index contributed by atoms with van der Waals surface area (Å²) in [5.41, 5.74) is 3.20. The smallest absolute Gasteiger partial charge is 0.335 e. The van der Waals surface area contributed by atoms with Crippen LogP contribution in [0.3, 0.4) is 0 Å². The number of hydrogen-bond donors (Lipinski definition) is 1. The standard InChI is InChI=1S/C22H24N2O4/c1-15-8-5-6-11-19(15)24-20(16-9-7-10-18(12-16)27-4)13-17(23-24)14-28-22(2,3)21(25)26/h5-13H,14H2,1-4H3,(H,25,26). The Morgan fingerprint density at radius 1 is 1.14 bits per heavy atom. The zero-order chi connectivity index (χ0) is 20.3. The lowest BCUT2D eigenvalue weighted by atomic mass is 10.1. The molecule has 0 aliphatic rings. The second kappa shape index (κ2) is 7.86. The maximum Gasteiger partial charge on any atom is 0.335 e. The topological polar surface area (TPSA) is 73.6 Å². The van der Waals surface area contributed by atoms with Crippen LogP contribution < -0.4 is 4.74 Å². The van der Waals surface area contributed by atoms with Gasteiger partial charge < -0.3 is 14.6 Å². The SMILES string of the molecule is COc1cccc(-c2cc(COC(C)(C)C(=O)O)nn2-c2ccccc2C)c1. The van der Waals surface area contributed by atoms with Crippen LogP contribution in [0.25, 0.3) is 16.9 Å². The van der Waals surface area contributed by atoms with E-state index < -0.39 is 11.6 Å². The average molecular weight is 380 g/mol. The van der Waals surface area contributed by atoms with Crippen molar-refractivity contribution in [3.8, 4) is 22.7 Å². The highest BCUT2D eigenvalue weighted by Gasteiger charge is 2.28. The minimum atomic E-state index is -1.29. The van der Waals surface area contributed by atoms with Crippen molar-refractivity contribution < 1.29 is 19.4 Å². The van der Waals surface area contributed by atoms with Crippen LogP contribution in [0.4, 0.5) is 0 Å². The number of nitrogens with zero attached hydrogens (tertiary/aromatic N) is 2. The summed E-state index contributed by atoms with van der Waals surface area (Å²) in [6, 6.07) is 17.6. The number of rotatable bonds is 7. The molecule has 2 aromatic carbocycles. The lowest BCUT2D eigenvalue weighted by molar-refractivity contribution is -0.162. The van der Waals surface area contributed by atoms with Gasteiger partial charge in [-0.1, -0.05) is 30.3 Å². The van der Waals surface area contributed by atoms with E-state index in [1.165, 1.54) is 13.8 Å². The predicted octanol–water partition coefficient (Wildman–Crippen LogP) is 4.24. The minimum Gasteiger partial charge on any atom is -0.497 e. The molecule has 0 aliphatic carbocycles. The molecule has 0 aliphatic heterocycles. The number of aromatic nitrogens is 2. The zero-order valence-corrected chi connectivity index (χ0v) is 16.5. The third-order valence-electron chi connectivity index (χ3n) is 4.57. The molecular weight excluding hydrogens is 356 g/mol. The average Bonchev–Trinajstić information content (AvgIpc) is 3.11. The Labute approximate surface area is 164 Å². The molecule has 0 spiro atoms. The third kappa shape index (κ3) is 4.07. The van der Waals surface area contributed by atoms with Crippen molar-refractivity contribution in [2.24, 2.45) is 0 Å². The van der Waals surface area contributed by atoms with Gasteiger partial charge in [-0.3, -0.25) is 0 Å². The first kappa shape index (κ1) is 19.6. The van der Waals surface area contributed by atoms with Crippen LogP contribution >= 0.6 is 0 Å². The Bertz CT molecular complexity index is 992. The quantitative estimate of drug-likeness (QED) is 0.664. The molecule has 0 bridgehead atoms. The molecule has 0 atom stereocenters. The van der Waals surface area contributed by atoms with E-state index >= 15 is 0 Å². The van der Waals surface area contributed by atoms with E-state index in [0.29, 0.717) is 5.69 Å². The lowest BCUT2D eigenvalue weighted by Crippen LogP contribution is -2.34. The van der Waals surface area contributed by atoms with Crippen molar-refractivity contribution in [2.45, 2.75) is 33.0 Å². The monoisotopic (exact) mass is 380 g/mol. The van der Waals surface area contributed by atoms with Gasteiger partial charge in [0.05, 0.1) is 30.8 Å². The Balaban J connectivity index is 2.05. The highest BCUT2D eigenvalue weighted by molar-refractivity contribution is 5.76. The summed E-state index contributed by atoms with van der Waals surface area (Å²) >= 11 is 0. The van der Waals surface area contributed by atoms with E-state index in [9.17, 15) is 9.90 Å². The van der Waals surface area contributed by atoms with Crippen LogP contribution in [-0.2, 0) is 16.1 Å². The Morgan fingerprint density at radius 3 is 2.57 bits per heavy atom. The summed E-state index contributed by atoms with van der Waals surface area (Å²) in [7, 11) is 1.63. The number of hydrogen-bond acceptors (Lipinski definition) is 4. The Morgan fingerprint density at radius 2 is 1.89 bits per heavy atom. The van der Waals surface area contributed by atoms with Crippen molar-refractivity contribution in [1.29, 1.82) is 0 Å².